The van der Waals surface area contributed by atoms with Crippen molar-refractivity contribution in [2.24, 2.45) is 0 Å². The summed E-state index contributed by atoms with van der Waals surface area (Å²) in [6, 6.07) is 4.58. The Morgan fingerprint density at radius 2 is 1.73 bits per heavy atom. The largest absolute Gasteiger partial charge is 0.586 e. The minimum absolute atomic E-state index is 0.000638. The molecule has 6 nitrogen and oxygen atoms in total. The second-order valence-electron chi connectivity index (χ2n) is 5.58. The molecule has 1 aromatic carbocycles. The van der Waals surface area contributed by atoms with Gasteiger partial charge in [-0.15, -0.1) is 8.78 Å². The van der Waals surface area contributed by atoms with E-state index in [-0.39, 0.29) is 24.6 Å². The van der Waals surface area contributed by atoms with Gasteiger partial charge in [0.15, 0.2) is 11.5 Å². The molecule has 3 N–H and O–H groups in total. The number of alkyl halides is 2. The highest BCUT2D eigenvalue weighted by Gasteiger charge is 2.43. The van der Waals surface area contributed by atoms with E-state index in [1.165, 1.54) is 12.1 Å². The third-order valence-electron chi connectivity index (χ3n) is 3.86. The summed E-state index contributed by atoms with van der Waals surface area (Å²) in [6.45, 7) is 1.01. The van der Waals surface area contributed by atoms with Crippen LogP contribution in [-0.2, 0) is 6.42 Å². The van der Waals surface area contributed by atoms with Crippen LogP contribution in [0.15, 0.2) is 18.2 Å². The van der Waals surface area contributed by atoms with Crippen molar-refractivity contribution in [2.45, 2.75) is 31.0 Å². The van der Waals surface area contributed by atoms with Crippen molar-refractivity contribution in [3.05, 3.63) is 23.8 Å². The molecule has 0 saturated carbocycles. The average Bonchev–Trinajstić information content (AvgIpc) is 2.75. The van der Waals surface area contributed by atoms with Crippen molar-refractivity contribution in [3.8, 4) is 11.5 Å². The van der Waals surface area contributed by atoms with Crippen molar-refractivity contribution in [2.75, 3.05) is 19.6 Å². The van der Waals surface area contributed by atoms with Crippen LogP contribution >= 0.6 is 0 Å². The monoisotopic (exact) mass is 317 g/mol. The summed E-state index contributed by atoms with van der Waals surface area (Å²) >= 11 is 0. The van der Waals surface area contributed by atoms with E-state index in [0.717, 1.165) is 5.56 Å². The number of hydrogen-bond donors (Lipinski definition) is 3. The standard InChI is InChI=1S/C14H17F2NO5/c15-14(16)21-11-2-1-8(5-12(11)22-14)3-4-17-6-9(18)13(20)10(19)7-17/h1-2,5,9-10,13,18-20H,3-4,6-7H2. The van der Waals surface area contributed by atoms with E-state index < -0.39 is 24.6 Å². The number of nitrogens with zero attached hydrogens (tertiary/aromatic N) is 1. The van der Waals surface area contributed by atoms with E-state index in [2.05, 4.69) is 9.47 Å². The van der Waals surface area contributed by atoms with E-state index in [1.54, 1.807) is 11.0 Å². The Balaban J connectivity index is 1.59. The zero-order valence-corrected chi connectivity index (χ0v) is 11.7. The topological polar surface area (TPSA) is 82.4 Å². The Kier molecular flexibility index (Phi) is 3.94. The SMILES string of the molecule is OC1CN(CCc2ccc3c(c2)OC(F)(F)O3)CC(O)C1O. The maximum atomic E-state index is 12.9. The fourth-order valence-electron chi connectivity index (χ4n) is 2.69. The van der Waals surface area contributed by atoms with Crippen LogP contribution in [0.25, 0.3) is 0 Å². The summed E-state index contributed by atoms with van der Waals surface area (Å²) in [4.78, 5) is 1.81. The number of β-amino-alcohol motifs (C(OH)–C–C–N with tert-alkyl or cyclic N) is 2. The first-order valence-corrected chi connectivity index (χ1v) is 6.99. The number of ether oxygens (including phenoxy) is 2. The molecule has 8 heteroatoms. The van der Waals surface area contributed by atoms with E-state index in [4.69, 9.17) is 0 Å². The minimum Gasteiger partial charge on any atom is -0.395 e. The minimum atomic E-state index is -3.63. The molecule has 0 radical (unpaired) electrons. The van der Waals surface area contributed by atoms with Gasteiger partial charge in [-0.25, -0.2) is 0 Å². The predicted octanol–water partition coefficient (Wildman–Crippen LogP) is -0.0511. The summed E-state index contributed by atoms with van der Waals surface area (Å²) < 4.78 is 34.6. The Labute approximate surface area is 125 Å². The number of halogens is 2. The van der Waals surface area contributed by atoms with Gasteiger partial charge in [0.1, 0.15) is 6.10 Å². The maximum Gasteiger partial charge on any atom is 0.586 e. The lowest BCUT2D eigenvalue weighted by atomic mass is 10.0. The van der Waals surface area contributed by atoms with E-state index in [0.29, 0.717) is 13.0 Å². The summed E-state index contributed by atoms with van der Waals surface area (Å²) in [5, 5.41) is 28.7. The smallest absolute Gasteiger partial charge is 0.395 e. The zero-order valence-electron chi connectivity index (χ0n) is 11.7. The Bertz CT molecular complexity index is 544. The van der Waals surface area contributed by atoms with Gasteiger partial charge in [0.25, 0.3) is 0 Å². The Hall–Kier alpha value is -1.48. The molecule has 2 aliphatic heterocycles. The van der Waals surface area contributed by atoms with E-state index in [9.17, 15) is 24.1 Å². The van der Waals surface area contributed by atoms with Crippen LogP contribution in [0.5, 0.6) is 11.5 Å². The van der Waals surface area contributed by atoms with Gasteiger partial charge in [-0.3, -0.25) is 4.90 Å². The van der Waals surface area contributed by atoms with Crippen molar-refractivity contribution in [1.82, 2.24) is 4.90 Å². The third kappa shape index (κ3) is 3.14. The lowest BCUT2D eigenvalue weighted by Gasteiger charge is -2.36. The quantitative estimate of drug-likeness (QED) is 0.725. The van der Waals surface area contributed by atoms with Crippen LogP contribution < -0.4 is 9.47 Å². The van der Waals surface area contributed by atoms with E-state index >= 15 is 0 Å². The summed E-state index contributed by atoms with van der Waals surface area (Å²) in [6.07, 6.45) is -6.24. The Morgan fingerprint density at radius 1 is 1.09 bits per heavy atom. The number of hydrogen-bond acceptors (Lipinski definition) is 6. The summed E-state index contributed by atoms with van der Waals surface area (Å²) in [7, 11) is 0. The van der Waals surface area contributed by atoms with Gasteiger partial charge < -0.3 is 24.8 Å². The molecule has 2 aliphatic rings. The van der Waals surface area contributed by atoms with Gasteiger partial charge >= 0.3 is 6.29 Å². The number of rotatable bonds is 3. The van der Waals surface area contributed by atoms with Crippen LogP contribution in [0, 0.1) is 0 Å². The molecule has 1 fully saturated rings. The van der Waals surface area contributed by atoms with Crippen LogP contribution in [0.1, 0.15) is 5.56 Å². The highest BCUT2D eigenvalue weighted by atomic mass is 19.3. The highest BCUT2D eigenvalue weighted by Crippen LogP contribution is 2.41. The number of likely N-dealkylation sites (tertiary alicyclic amines) is 1. The molecule has 3 rings (SSSR count). The molecular formula is C14H17F2NO5. The average molecular weight is 317 g/mol. The predicted molar refractivity (Wildman–Crippen MR) is 70.8 cm³/mol. The molecule has 0 aromatic heterocycles. The molecule has 0 amide bonds. The van der Waals surface area contributed by atoms with E-state index in [1.807, 2.05) is 0 Å². The fourth-order valence-corrected chi connectivity index (χ4v) is 2.69. The lowest BCUT2D eigenvalue weighted by molar-refractivity contribution is -0.286. The first-order valence-electron chi connectivity index (χ1n) is 6.99. The molecule has 2 atom stereocenters. The Morgan fingerprint density at radius 3 is 2.41 bits per heavy atom. The molecule has 1 saturated heterocycles. The molecule has 1 aromatic rings. The molecule has 2 heterocycles. The van der Waals surface area contributed by atoms with Gasteiger partial charge in [-0.2, -0.15) is 0 Å². The van der Waals surface area contributed by atoms with Gasteiger partial charge in [0.05, 0.1) is 12.2 Å². The van der Waals surface area contributed by atoms with Gasteiger partial charge in [0.2, 0.25) is 0 Å². The molecule has 0 aliphatic carbocycles. The van der Waals surface area contributed by atoms with Crippen LogP contribution in [0.2, 0.25) is 0 Å². The molecular weight excluding hydrogens is 300 g/mol. The second-order valence-corrected chi connectivity index (χ2v) is 5.58. The van der Waals surface area contributed by atoms with Crippen molar-refractivity contribution < 1.29 is 33.6 Å². The third-order valence-corrected chi connectivity index (χ3v) is 3.86. The van der Waals surface area contributed by atoms with Crippen molar-refractivity contribution in [3.63, 3.8) is 0 Å². The highest BCUT2D eigenvalue weighted by molar-refractivity contribution is 5.45. The first-order chi connectivity index (χ1) is 10.3. The lowest BCUT2D eigenvalue weighted by Crippen LogP contribution is -2.55. The molecule has 22 heavy (non-hydrogen) atoms. The van der Waals surface area contributed by atoms with Crippen LogP contribution in [0.4, 0.5) is 8.78 Å². The maximum absolute atomic E-state index is 12.9. The van der Waals surface area contributed by atoms with Gasteiger partial charge in [-0.1, -0.05) is 6.07 Å². The number of piperidine rings is 1. The number of fused-ring (bicyclic) bond motifs is 1. The van der Waals surface area contributed by atoms with Gasteiger partial charge in [-0.05, 0) is 24.1 Å². The van der Waals surface area contributed by atoms with Gasteiger partial charge in [0, 0.05) is 19.6 Å². The fraction of sp³-hybridized carbons (Fsp3) is 0.571. The molecule has 0 bridgehead atoms. The normalized spacial score (nSPS) is 30.5. The summed E-state index contributed by atoms with van der Waals surface area (Å²) in [5.74, 6) is -0.00248. The first kappa shape index (κ1) is 15.4. The molecule has 122 valence electrons. The summed E-state index contributed by atoms with van der Waals surface area (Å²) in [5.41, 5.74) is 0.773. The van der Waals surface area contributed by atoms with Crippen molar-refractivity contribution in [1.29, 1.82) is 0 Å². The number of aliphatic hydroxyl groups excluding tert-OH is 3. The molecule has 2 unspecified atom stereocenters. The zero-order chi connectivity index (χ0) is 15.9. The van der Waals surface area contributed by atoms with Crippen LogP contribution in [-0.4, -0.2) is 64.5 Å². The number of benzene rings is 1. The van der Waals surface area contributed by atoms with Crippen molar-refractivity contribution >= 4 is 0 Å². The molecule has 0 spiro atoms. The van der Waals surface area contributed by atoms with Crippen LogP contribution in [0.3, 0.4) is 0 Å². The number of aliphatic hydroxyl groups is 3. The second kappa shape index (κ2) is 5.62.